The molecule has 2 N–H and O–H groups in total. The van der Waals surface area contributed by atoms with E-state index in [0.29, 0.717) is 0 Å². The Morgan fingerprint density at radius 3 is 2.49 bits per heavy atom. The molecule has 1 aromatic heterocycles. The molecule has 1 saturated heterocycles. The van der Waals surface area contributed by atoms with Gasteiger partial charge in [0.25, 0.3) is 0 Å². The van der Waals surface area contributed by atoms with Crippen LogP contribution in [0.1, 0.15) is 11.3 Å². The number of hydrogen-bond donors (Lipinski definition) is 3. The Balaban J connectivity index is 1.37. The summed E-state index contributed by atoms with van der Waals surface area (Å²) in [7, 11) is 0. The number of morpholine rings is 1. The first-order chi connectivity index (χ1) is 17.1. The lowest BCUT2D eigenvalue weighted by Gasteiger charge is -2.26. The highest BCUT2D eigenvalue weighted by Crippen LogP contribution is 2.33. The third-order valence-corrected chi connectivity index (χ3v) is 6.84. The average Bonchev–Trinajstić information content (AvgIpc) is 2.88. The van der Waals surface area contributed by atoms with Crippen molar-refractivity contribution in [3.8, 4) is 11.1 Å². The molecule has 1 fully saturated rings. The SMILES string of the molecule is Cc1c(S)cccc1NC(=O)Nc1ccc(-c2ccc(CN3CCOCC3)nc2)c2ccccc12. The van der Waals surface area contributed by atoms with Gasteiger partial charge in [0, 0.05) is 47.4 Å². The molecule has 178 valence electrons. The first-order valence-electron chi connectivity index (χ1n) is 11.7. The molecule has 0 unspecified atom stereocenters. The third kappa shape index (κ3) is 5.32. The molecule has 6 nitrogen and oxygen atoms in total. The minimum absolute atomic E-state index is 0.293. The topological polar surface area (TPSA) is 66.5 Å². The van der Waals surface area contributed by atoms with E-state index in [-0.39, 0.29) is 6.03 Å². The summed E-state index contributed by atoms with van der Waals surface area (Å²) < 4.78 is 5.43. The Kier molecular flexibility index (Phi) is 6.99. The highest BCUT2D eigenvalue weighted by atomic mass is 32.1. The zero-order chi connectivity index (χ0) is 24.2. The monoisotopic (exact) mass is 484 g/mol. The number of pyridine rings is 1. The van der Waals surface area contributed by atoms with Crippen molar-refractivity contribution in [2.45, 2.75) is 18.4 Å². The lowest BCUT2D eigenvalue weighted by molar-refractivity contribution is 0.0336. The van der Waals surface area contributed by atoms with Crippen LogP contribution in [0.2, 0.25) is 0 Å². The van der Waals surface area contributed by atoms with Crippen LogP contribution < -0.4 is 10.6 Å². The third-order valence-electron chi connectivity index (χ3n) is 6.35. The normalized spacial score (nSPS) is 14.1. The highest BCUT2D eigenvalue weighted by molar-refractivity contribution is 7.80. The second kappa shape index (κ2) is 10.5. The summed E-state index contributed by atoms with van der Waals surface area (Å²) in [5.74, 6) is 0. The highest BCUT2D eigenvalue weighted by Gasteiger charge is 2.14. The van der Waals surface area contributed by atoms with E-state index in [1.165, 1.54) is 0 Å². The summed E-state index contributed by atoms with van der Waals surface area (Å²) in [4.78, 5) is 20.7. The van der Waals surface area contributed by atoms with Gasteiger partial charge in [0.2, 0.25) is 0 Å². The smallest absolute Gasteiger partial charge is 0.323 e. The Morgan fingerprint density at radius 2 is 1.71 bits per heavy atom. The minimum atomic E-state index is -0.293. The number of thiol groups is 1. The van der Waals surface area contributed by atoms with Gasteiger partial charge in [0.1, 0.15) is 0 Å². The first-order valence-corrected chi connectivity index (χ1v) is 12.2. The Bertz CT molecular complexity index is 1350. The second-order valence-electron chi connectivity index (χ2n) is 8.66. The Labute approximate surface area is 210 Å². The van der Waals surface area contributed by atoms with Crippen LogP contribution in [0.25, 0.3) is 21.9 Å². The molecule has 2 amide bonds. The number of aromatic nitrogens is 1. The van der Waals surface area contributed by atoms with Crippen molar-refractivity contribution >= 4 is 40.8 Å². The molecule has 0 atom stereocenters. The Morgan fingerprint density at radius 1 is 0.943 bits per heavy atom. The number of fused-ring (bicyclic) bond motifs is 1. The number of hydrogen-bond acceptors (Lipinski definition) is 5. The standard InChI is InChI=1S/C28H28N4O2S/c1-19-25(7-4-8-27(19)35)30-28(33)31-26-12-11-22(23-5-2-3-6-24(23)26)20-9-10-21(29-17-20)18-32-13-15-34-16-14-32/h2-12,17,35H,13-16,18H2,1H3,(H2,30,31,33). The molecule has 2 heterocycles. The van der Waals surface area contributed by atoms with Crippen LogP contribution >= 0.6 is 12.6 Å². The summed E-state index contributed by atoms with van der Waals surface area (Å²) in [5.41, 5.74) is 5.59. The number of urea groups is 1. The quantitative estimate of drug-likeness (QED) is 0.305. The largest absolute Gasteiger partial charge is 0.379 e. The molecular formula is C28H28N4O2S. The molecule has 1 aliphatic heterocycles. The van der Waals surface area contributed by atoms with Crippen molar-refractivity contribution in [1.29, 1.82) is 0 Å². The molecule has 1 aliphatic rings. The van der Waals surface area contributed by atoms with Crippen molar-refractivity contribution in [2.24, 2.45) is 0 Å². The fraction of sp³-hybridized carbons (Fsp3) is 0.214. The summed E-state index contributed by atoms with van der Waals surface area (Å²) >= 11 is 4.44. The molecule has 4 aromatic rings. The molecule has 7 heteroatoms. The second-order valence-corrected chi connectivity index (χ2v) is 9.14. The van der Waals surface area contributed by atoms with Gasteiger partial charge in [-0.1, -0.05) is 42.5 Å². The van der Waals surface area contributed by atoms with Gasteiger partial charge in [-0.25, -0.2) is 4.79 Å². The summed E-state index contributed by atoms with van der Waals surface area (Å²) in [6, 6.07) is 21.6. The van der Waals surface area contributed by atoms with Crippen LogP contribution in [0.4, 0.5) is 16.2 Å². The lowest BCUT2D eigenvalue weighted by atomic mass is 9.98. The van der Waals surface area contributed by atoms with Crippen LogP contribution in [-0.2, 0) is 11.3 Å². The van der Waals surface area contributed by atoms with E-state index in [9.17, 15) is 4.79 Å². The van der Waals surface area contributed by atoms with Crippen LogP contribution in [-0.4, -0.2) is 42.2 Å². The summed E-state index contributed by atoms with van der Waals surface area (Å²) in [6.45, 7) is 6.21. The van der Waals surface area contributed by atoms with Crippen molar-refractivity contribution in [3.05, 3.63) is 84.2 Å². The number of ether oxygens (including phenoxy) is 1. The molecule has 0 bridgehead atoms. The van der Waals surface area contributed by atoms with E-state index < -0.39 is 0 Å². The van der Waals surface area contributed by atoms with Gasteiger partial charge in [-0.3, -0.25) is 9.88 Å². The predicted octanol–water partition coefficient (Wildman–Crippen LogP) is 5.98. The first kappa shape index (κ1) is 23.4. The average molecular weight is 485 g/mol. The number of nitrogens with one attached hydrogen (secondary N) is 2. The maximum absolute atomic E-state index is 12.8. The van der Waals surface area contributed by atoms with E-state index >= 15 is 0 Å². The van der Waals surface area contributed by atoms with Crippen molar-refractivity contribution in [1.82, 2.24) is 9.88 Å². The fourth-order valence-corrected chi connectivity index (χ4v) is 4.57. The molecular weight excluding hydrogens is 456 g/mol. The van der Waals surface area contributed by atoms with Gasteiger partial charge in [-0.05, 0) is 47.7 Å². The fourth-order valence-electron chi connectivity index (χ4n) is 4.36. The van der Waals surface area contributed by atoms with Crippen LogP contribution in [0, 0.1) is 6.92 Å². The van der Waals surface area contributed by atoms with Crippen LogP contribution in [0.15, 0.2) is 77.8 Å². The van der Waals surface area contributed by atoms with E-state index in [1.807, 2.05) is 61.7 Å². The number of amides is 2. The van der Waals surface area contributed by atoms with Crippen molar-refractivity contribution in [3.63, 3.8) is 0 Å². The zero-order valence-corrected chi connectivity index (χ0v) is 20.5. The molecule has 35 heavy (non-hydrogen) atoms. The van der Waals surface area contributed by atoms with Crippen molar-refractivity contribution in [2.75, 3.05) is 36.9 Å². The van der Waals surface area contributed by atoms with Gasteiger partial charge < -0.3 is 15.4 Å². The van der Waals surface area contributed by atoms with Gasteiger partial charge in [0.05, 0.1) is 24.6 Å². The predicted molar refractivity (Wildman–Crippen MR) is 144 cm³/mol. The molecule has 5 rings (SSSR count). The van der Waals surface area contributed by atoms with Crippen LogP contribution in [0.5, 0.6) is 0 Å². The maximum atomic E-state index is 12.8. The zero-order valence-electron chi connectivity index (χ0n) is 19.6. The molecule has 3 aromatic carbocycles. The molecule has 0 radical (unpaired) electrons. The number of carbonyl (C=O) groups is 1. The van der Waals surface area contributed by atoms with Gasteiger partial charge in [-0.15, -0.1) is 12.6 Å². The lowest BCUT2D eigenvalue weighted by Crippen LogP contribution is -2.35. The van der Waals surface area contributed by atoms with Crippen LogP contribution in [0.3, 0.4) is 0 Å². The molecule has 0 saturated carbocycles. The van der Waals surface area contributed by atoms with E-state index in [4.69, 9.17) is 9.72 Å². The summed E-state index contributed by atoms with van der Waals surface area (Å²) in [6.07, 6.45) is 1.94. The molecule has 0 spiro atoms. The Hall–Kier alpha value is -3.39. The van der Waals surface area contributed by atoms with E-state index in [0.717, 1.165) is 82.3 Å². The van der Waals surface area contributed by atoms with Gasteiger partial charge >= 0.3 is 6.03 Å². The number of rotatable bonds is 5. The van der Waals surface area contributed by atoms with Gasteiger partial charge in [-0.2, -0.15) is 0 Å². The molecule has 0 aliphatic carbocycles. The number of anilines is 2. The van der Waals surface area contributed by atoms with E-state index in [1.54, 1.807) is 0 Å². The number of benzene rings is 3. The summed E-state index contributed by atoms with van der Waals surface area (Å²) in [5, 5.41) is 7.96. The number of carbonyl (C=O) groups excluding carboxylic acids is 1. The maximum Gasteiger partial charge on any atom is 0.323 e. The minimum Gasteiger partial charge on any atom is -0.379 e. The van der Waals surface area contributed by atoms with Gasteiger partial charge in [0.15, 0.2) is 0 Å². The van der Waals surface area contributed by atoms with E-state index in [2.05, 4.69) is 46.4 Å². The number of nitrogens with zero attached hydrogens (tertiary/aromatic N) is 2. The van der Waals surface area contributed by atoms with Crippen molar-refractivity contribution < 1.29 is 9.53 Å².